The summed E-state index contributed by atoms with van der Waals surface area (Å²) >= 11 is 0. The van der Waals surface area contributed by atoms with Gasteiger partial charge in [0.25, 0.3) is 0 Å². The van der Waals surface area contributed by atoms with Crippen LogP contribution in [0.3, 0.4) is 0 Å². The Bertz CT molecular complexity index is 989. The molecule has 2 aliphatic rings. The number of ether oxygens (including phenoxy) is 2. The van der Waals surface area contributed by atoms with Gasteiger partial charge < -0.3 is 9.47 Å². The Balaban J connectivity index is 1.58. The highest BCUT2D eigenvalue weighted by Crippen LogP contribution is 2.42. The summed E-state index contributed by atoms with van der Waals surface area (Å²) in [5.74, 6) is -2.56. The first-order chi connectivity index (χ1) is 14.5. The molecule has 2 aliphatic heterocycles. The molecule has 2 unspecified atom stereocenters. The molecule has 4 rings (SSSR count). The van der Waals surface area contributed by atoms with Crippen molar-refractivity contribution in [3.8, 4) is 11.5 Å². The molecule has 2 aromatic rings. The Morgan fingerprint density at radius 1 is 1.07 bits per heavy atom. The average Bonchev–Trinajstić information content (AvgIpc) is 2.76. The van der Waals surface area contributed by atoms with Crippen LogP contribution in [0.5, 0.6) is 11.5 Å². The second-order valence-corrected chi connectivity index (χ2v) is 7.94. The van der Waals surface area contributed by atoms with Gasteiger partial charge in [-0.25, -0.2) is 8.78 Å². The molecule has 158 valence electrons. The number of fused-ring (bicyclic) bond motifs is 2. The van der Waals surface area contributed by atoms with E-state index >= 15 is 4.39 Å². The second-order valence-electron chi connectivity index (χ2n) is 7.94. The molecule has 2 nitrogen and oxygen atoms in total. The van der Waals surface area contributed by atoms with E-state index in [1.165, 1.54) is 0 Å². The maximum absolute atomic E-state index is 15.1. The molecular formula is C25H25F3O2. The number of rotatable bonds is 5. The van der Waals surface area contributed by atoms with Crippen LogP contribution in [-0.4, -0.2) is 12.7 Å². The molecule has 0 aliphatic carbocycles. The van der Waals surface area contributed by atoms with Crippen LogP contribution < -0.4 is 4.74 Å². The van der Waals surface area contributed by atoms with Gasteiger partial charge in [0.15, 0.2) is 23.1 Å². The number of halogens is 3. The summed E-state index contributed by atoms with van der Waals surface area (Å²) in [5, 5.41) is 0. The highest BCUT2D eigenvalue weighted by Gasteiger charge is 2.28. The Morgan fingerprint density at radius 2 is 1.87 bits per heavy atom. The van der Waals surface area contributed by atoms with E-state index in [0.29, 0.717) is 48.1 Å². The fraction of sp³-hybridized carbons (Fsp3) is 0.360. The zero-order valence-electron chi connectivity index (χ0n) is 17.0. The van der Waals surface area contributed by atoms with Crippen molar-refractivity contribution >= 4 is 6.08 Å². The largest absolute Gasteiger partial charge is 0.450 e. The molecule has 1 fully saturated rings. The van der Waals surface area contributed by atoms with Gasteiger partial charge in [0.2, 0.25) is 5.82 Å². The lowest BCUT2D eigenvalue weighted by Gasteiger charge is -2.25. The standard InChI is InChI=1S/C25H25F3O2/c1-3-5-17-12-19-13-18-10-9-16(8-6-15-7-11-20(4-2)29-14-15)22(27)24(18)30-25(19)23(28)21(17)26/h4,6,8-10,12,15,20H,2-3,5,7,11,13-14H2,1H3/b8-6+. The van der Waals surface area contributed by atoms with Crippen LogP contribution in [0, 0.1) is 23.4 Å². The first-order valence-corrected chi connectivity index (χ1v) is 10.4. The first-order valence-electron chi connectivity index (χ1n) is 10.4. The van der Waals surface area contributed by atoms with Crippen molar-refractivity contribution in [1.29, 1.82) is 0 Å². The van der Waals surface area contributed by atoms with Gasteiger partial charge >= 0.3 is 0 Å². The number of hydrogen-bond donors (Lipinski definition) is 0. The minimum atomic E-state index is -1.04. The van der Waals surface area contributed by atoms with Crippen LogP contribution in [0.25, 0.3) is 6.08 Å². The fourth-order valence-corrected chi connectivity index (χ4v) is 4.08. The normalized spacial score (nSPS) is 20.5. The van der Waals surface area contributed by atoms with Crippen LogP contribution in [0.15, 0.2) is 36.9 Å². The molecule has 0 aromatic heterocycles. The van der Waals surface area contributed by atoms with Crippen molar-refractivity contribution in [3.05, 3.63) is 76.6 Å². The Hall–Kier alpha value is -2.53. The third-order valence-electron chi connectivity index (χ3n) is 5.78. The molecule has 2 atom stereocenters. The van der Waals surface area contributed by atoms with Crippen LogP contribution in [0.2, 0.25) is 0 Å². The number of aryl methyl sites for hydroxylation is 1. The predicted molar refractivity (Wildman–Crippen MR) is 111 cm³/mol. The molecule has 1 saturated heterocycles. The lowest BCUT2D eigenvalue weighted by molar-refractivity contribution is 0.0248. The smallest absolute Gasteiger partial charge is 0.201 e. The molecule has 0 saturated carbocycles. The van der Waals surface area contributed by atoms with Crippen LogP contribution in [-0.2, 0) is 17.6 Å². The molecule has 0 spiro atoms. The third-order valence-corrected chi connectivity index (χ3v) is 5.78. The van der Waals surface area contributed by atoms with Crippen LogP contribution in [0.4, 0.5) is 13.2 Å². The maximum Gasteiger partial charge on any atom is 0.201 e. The lowest BCUT2D eigenvalue weighted by atomic mass is 9.94. The quantitative estimate of drug-likeness (QED) is 0.430. The first kappa shape index (κ1) is 20.7. The number of benzene rings is 2. The Labute approximate surface area is 175 Å². The summed E-state index contributed by atoms with van der Waals surface area (Å²) in [5.41, 5.74) is 1.85. The summed E-state index contributed by atoms with van der Waals surface area (Å²) in [6, 6.07) is 5.11. The molecule has 5 heteroatoms. The molecule has 2 heterocycles. The van der Waals surface area contributed by atoms with Gasteiger partial charge in [-0.1, -0.05) is 43.7 Å². The van der Waals surface area contributed by atoms with E-state index in [2.05, 4.69) is 6.58 Å². The predicted octanol–water partition coefficient (Wildman–Crippen LogP) is 6.75. The highest BCUT2D eigenvalue weighted by molar-refractivity contribution is 5.59. The van der Waals surface area contributed by atoms with Crippen LogP contribution in [0.1, 0.15) is 48.4 Å². The van der Waals surface area contributed by atoms with Gasteiger partial charge in [-0.3, -0.25) is 0 Å². The van der Waals surface area contributed by atoms with Crippen molar-refractivity contribution in [2.75, 3.05) is 6.61 Å². The van der Waals surface area contributed by atoms with Crippen molar-refractivity contribution in [1.82, 2.24) is 0 Å². The van der Waals surface area contributed by atoms with E-state index in [0.717, 1.165) is 12.8 Å². The van der Waals surface area contributed by atoms with E-state index in [9.17, 15) is 8.78 Å². The van der Waals surface area contributed by atoms with E-state index in [4.69, 9.17) is 9.47 Å². The summed E-state index contributed by atoms with van der Waals surface area (Å²) in [7, 11) is 0. The zero-order valence-corrected chi connectivity index (χ0v) is 17.0. The topological polar surface area (TPSA) is 18.5 Å². The minimum absolute atomic E-state index is 0.0298. The van der Waals surface area contributed by atoms with Crippen molar-refractivity contribution in [3.63, 3.8) is 0 Å². The SMILES string of the molecule is C=CC1CCC(/C=C/c2ccc3c(c2F)Oc2c(cc(CCC)c(F)c2F)C3)CO1. The van der Waals surface area contributed by atoms with Crippen molar-refractivity contribution in [2.45, 2.75) is 45.1 Å². The molecule has 2 aromatic carbocycles. The van der Waals surface area contributed by atoms with Gasteiger partial charge in [0, 0.05) is 29.0 Å². The zero-order chi connectivity index (χ0) is 21.3. The molecule has 30 heavy (non-hydrogen) atoms. The number of hydrogen-bond acceptors (Lipinski definition) is 2. The summed E-state index contributed by atoms with van der Waals surface area (Å²) in [4.78, 5) is 0. The van der Waals surface area contributed by atoms with Gasteiger partial charge in [-0.05, 0) is 30.9 Å². The maximum atomic E-state index is 15.1. The second kappa shape index (κ2) is 8.68. The van der Waals surface area contributed by atoms with Gasteiger partial charge in [0.1, 0.15) is 0 Å². The fourth-order valence-electron chi connectivity index (χ4n) is 4.08. The van der Waals surface area contributed by atoms with Gasteiger partial charge in [-0.15, -0.1) is 6.58 Å². The molecule has 0 bridgehead atoms. The van der Waals surface area contributed by atoms with E-state index in [-0.39, 0.29) is 23.5 Å². The van der Waals surface area contributed by atoms with Gasteiger partial charge in [0.05, 0.1) is 12.7 Å². The monoisotopic (exact) mass is 414 g/mol. The third kappa shape index (κ3) is 3.91. The minimum Gasteiger partial charge on any atom is -0.450 e. The lowest BCUT2D eigenvalue weighted by Crippen LogP contribution is -2.22. The van der Waals surface area contributed by atoms with Crippen molar-refractivity contribution < 1.29 is 22.6 Å². The van der Waals surface area contributed by atoms with Gasteiger partial charge in [-0.2, -0.15) is 4.39 Å². The Kier molecular flexibility index (Phi) is 6.00. The van der Waals surface area contributed by atoms with E-state index < -0.39 is 17.5 Å². The van der Waals surface area contributed by atoms with Crippen LogP contribution >= 0.6 is 0 Å². The van der Waals surface area contributed by atoms with E-state index in [1.54, 1.807) is 30.4 Å². The summed E-state index contributed by atoms with van der Waals surface area (Å²) < 4.78 is 55.3. The Morgan fingerprint density at radius 3 is 2.57 bits per heavy atom. The molecule has 0 amide bonds. The molecule has 0 N–H and O–H groups in total. The highest BCUT2D eigenvalue weighted by atomic mass is 19.2. The summed E-state index contributed by atoms with van der Waals surface area (Å²) in [6.07, 6.45) is 8.79. The van der Waals surface area contributed by atoms with Crippen molar-refractivity contribution in [2.24, 2.45) is 5.92 Å². The molecular weight excluding hydrogens is 389 g/mol. The van der Waals surface area contributed by atoms with E-state index in [1.807, 2.05) is 13.0 Å². The summed E-state index contributed by atoms with van der Waals surface area (Å²) in [6.45, 7) is 6.21. The average molecular weight is 414 g/mol. The molecule has 0 radical (unpaired) electrons.